The van der Waals surface area contributed by atoms with Crippen LogP contribution in [0.5, 0.6) is 0 Å². The molecular weight excluding hydrogens is 281 g/mol. The Morgan fingerprint density at radius 3 is 2.50 bits per heavy atom. The van der Waals surface area contributed by atoms with Crippen molar-refractivity contribution >= 4 is 5.96 Å². The summed E-state index contributed by atoms with van der Waals surface area (Å²) in [5.74, 6) is -2.80. The van der Waals surface area contributed by atoms with Gasteiger partial charge in [0.2, 0.25) is 0 Å². The third-order valence-electron chi connectivity index (χ3n) is 2.29. The number of nitrogens with zero attached hydrogens (tertiary/aromatic N) is 1. The minimum Gasteiger partial charge on any atom is -0.370 e. The van der Waals surface area contributed by atoms with Crippen LogP contribution in [0.4, 0.5) is 22.0 Å². The molecule has 0 fully saturated rings. The molecule has 0 unspecified atom stereocenters. The van der Waals surface area contributed by atoms with Crippen LogP contribution in [0.3, 0.4) is 0 Å². The van der Waals surface area contributed by atoms with Gasteiger partial charge < -0.3 is 11.1 Å². The number of hydrogen-bond acceptors (Lipinski definition) is 1. The number of halogens is 5. The molecule has 8 heteroatoms. The van der Waals surface area contributed by atoms with E-state index in [9.17, 15) is 22.0 Å². The van der Waals surface area contributed by atoms with E-state index in [1.807, 2.05) is 0 Å². The minimum atomic E-state index is -4.95. The van der Waals surface area contributed by atoms with E-state index in [2.05, 4.69) is 16.9 Å². The predicted molar refractivity (Wildman–Crippen MR) is 64.9 cm³/mol. The molecule has 1 rings (SSSR count). The molecule has 0 saturated carbocycles. The highest BCUT2D eigenvalue weighted by molar-refractivity contribution is 5.77. The first-order valence-corrected chi connectivity index (χ1v) is 5.45. The van der Waals surface area contributed by atoms with Gasteiger partial charge >= 0.3 is 6.18 Å². The summed E-state index contributed by atoms with van der Waals surface area (Å²) in [5, 5.41) is 2.59. The fraction of sp³-hybridized carbons (Fsp3) is 0.250. The highest BCUT2D eigenvalue weighted by Crippen LogP contribution is 2.32. The van der Waals surface area contributed by atoms with Gasteiger partial charge in [-0.2, -0.15) is 13.2 Å². The van der Waals surface area contributed by atoms with Gasteiger partial charge in [-0.15, -0.1) is 6.58 Å². The highest BCUT2D eigenvalue weighted by Gasteiger charge is 2.35. The van der Waals surface area contributed by atoms with E-state index in [4.69, 9.17) is 5.73 Å². The number of alkyl halides is 3. The normalized spacial score (nSPS) is 12.3. The second kappa shape index (κ2) is 6.36. The van der Waals surface area contributed by atoms with Crippen molar-refractivity contribution in [1.29, 1.82) is 0 Å². The summed E-state index contributed by atoms with van der Waals surface area (Å²) in [6.07, 6.45) is -3.45. The van der Waals surface area contributed by atoms with Crippen molar-refractivity contribution in [2.45, 2.75) is 12.7 Å². The van der Waals surface area contributed by atoms with Gasteiger partial charge in [-0.05, 0) is 12.1 Å². The lowest BCUT2D eigenvalue weighted by Crippen LogP contribution is -2.31. The van der Waals surface area contributed by atoms with Gasteiger partial charge in [0.15, 0.2) is 5.96 Å². The smallest absolute Gasteiger partial charge is 0.370 e. The average Bonchev–Trinajstić information content (AvgIpc) is 2.35. The van der Waals surface area contributed by atoms with Crippen molar-refractivity contribution in [3.8, 4) is 0 Å². The molecule has 0 spiro atoms. The van der Waals surface area contributed by atoms with Crippen molar-refractivity contribution in [3.63, 3.8) is 0 Å². The Morgan fingerprint density at radius 2 is 1.95 bits per heavy atom. The maximum Gasteiger partial charge on any atom is 0.419 e. The van der Waals surface area contributed by atoms with E-state index in [-0.39, 0.29) is 24.1 Å². The van der Waals surface area contributed by atoms with Crippen LogP contribution in [0.1, 0.15) is 11.1 Å². The van der Waals surface area contributed by atoms with E-state index in [0.717, 1.165) is 0 Å². The van der Waals surface area contributed by atoms with Gasteiger partial charge in [0.05, 0.1) is 12.1 Å². The summed E-state index contributed by atoms with van der Waals surface area (Å²) in [7, 11) is 0. The molecule has 0 radical (unpaired) electrons. The molecule has 0 atom stereocenters. The molecule has 1 aromatic rings. The Balaban J connectivity index is 2.93. The summed E-state index contributed by atoms with van der Waals surface area (Å²) in [5.41, 5.74) is 3.42. The molecule has 0 bridgehead atoms. The standard InChI is InChI=1S/C12H12F5N3/c1-2-3-19-11(18)20-6-7-4-10(14)8(5-9(7)13)12(15,16)17/h2,4-5H,1,3,6H2,(H3,18,19,20). The summed E-state index contributed by atoms with van der Waals surface area (Å²) in [4.78, 5) is 3.67. The largest absolute Gasteiger partial charge is 0.419 e. The molecule has 20 heavy (non-hydrogen) atoms. The zero-order valence-corrected chi connectivity index (χ0v) is 10.3. The van der Waals surface area contributed by atoms with Gasteiger partial charge in [0.25, 0.3) is 0 Å². The van der Waals surface area contributed by atoms with Crippen LogP contribution in [0.25, 0.3) is 0 Å². The number of aliphatic imine (C=N–C) groups is 1. The number of hydrogen-bond donors (Lipinski definition) is 2. The summed E-state index contributed by atoms with van der Waals surface area (Å²) < 4.78 is 63.7. The Kier molecular flexibility index (Phi) is 5.06. The third-order valence-corrected chi connectivity index (χ3v) is 2.29. The lowest BCUT2D eigenvalue weighted by molar-refractivity contribution is -0.140. The molecule has 0 aliphatic carbocycles. The van der Waals surface area contributed by atoms with Gasteiger partial charge in [0, 0.05) is 12.1 Å². The minimum absolute atomic E-state index is 0.0513. The van der Waals surface area contributed by atoms with Crippen LogP contribution < -0.4 is 11.1 Å². The van der Waals surface area contributed by atoms with Gasteiger partial charge in [-0.3, -0.25) is 0 Å². The average molecular weight is 293 g/mol. The van der Waals surface area contributed by atoms with Gasteiger partial charge in [-0.1, -0.05) is 6.08 Å². The first-order valence-electron chi connectivity index (χ1n) is 5.45. The Bertz CT molecular complexity index is 523. The Hall–Kier alpha value is -2.12. The molecule has 0 amide bonds. The lowest BCUT2D eigenvalue weighted by atomic mass is 10.1. The predicted octanol–water partition coefficient (Wildman–Crippen LogP) is 2.57. The molecule has 3 N–H and O–H groups in total. The zero-order chi connectivity index (χ0) is 15.3. The highest BCUT2D eigenvalue weighted by atomic mass is 19.4. The number of nitrogens with two attached hydrogens (primary N) is 1. The molecule has 0 aliphatic heterocycles. The zero-order valence-electron chi connectivity index (χ0n) is 10.3. The van der Waals surface area contributed by atoms with Crippen molar-refractivity contribution in [2.24, 2.45) is 10.7 Å². The third kappa shape index (κ3) is 4.22. The van der Waals surface area contributed by atoms with Gasteiger partial charge in [-0.25, -0.2) is 13.8 Å². The maximum absolute atomic E-state index is 13.4. The fourth-order valence-electron chi connectivity index (χ4n) is 1.33. The number of guanidine groups is 1. The van der Waals surface area contributed by atoms with Crippen molar-refractivity contribution in [3.05, 3.63) is 47.5 Å². The molecule has 3 nitrogen and oxygen atoms in total. The lowest BCUT2D eigenvalue weighted by Gasteiger charge is -2.10. The van der Waals surface area contributed by atoms with Gasteiger partial charge in [0.1, 0.15) is 11.6 Å². The van der Waals surface area contributed by atoms with Crippen LogP contribution in [-0.2, 0) is 12.7 Å². The number of benzene rings is 1. The second-order valence-corrected chi connectivity index (χ2v) is 3.79. The fourth-order valence-corrected chi connectivity index (χ4v) is 1.33. The van der Waals surface area contributed by atoms with E-state index < -0.39 is 23.4 Å². The summed E-state index contributed by atoms with van der Waals surface area (Å²) >= 11 is 0. The van der Waals surface area contributed by atoms with Crippen molar-refractivity contribution in [2.75, 3.05) is 6.54 Å². The molecule has 0 aromatic heterocycles. The monoisotopic (exact) mass is 293 g/mol. The Morgan fingerprint density at radius 1 is 1.30 bits per heavy atom. The first kappa shape index (κ1) is 15.9. The van der Waals surface area contributed by atoms with E-state index >= 15 is 0 Å². The van der Waals surface area contributed by atoms with Crippen molar-refractivity contribution < 1.29 is 22.0 Å². The number of nitrogens with one attached hydrogen (secondary N) is 1. The summed E-state index contributed by atoms with van der Waals surface area (Å²) in [6.45, 7) is 3.36. The number of rotatable bonds is 4. The first-order chi connectivity index (χ1) is 9.25. The van der Waals surface area contributed by atoms with E-state index in [0.29, 0.717) is 12.6 Å². The topological polar surface area (TPSA) is 50.4 Å². The molecule has 0 heterocycles. The molecular formula is C12H12F5N3. The molecule has 1 aromatic carbocycles. The van der Waals surface area contributed by atoms with E-state index in [1.165, 1.54) is 6.08 Å². The Labute approximate surface area is 112 Å². The molecule has 0 saturated heterocycles. The summed E-state index contributed by atoms with van der Waals surface area (Å²) in [6, 6.07) is 0.565. The molecule has 110 valence electrons. The van der Waals surface area contributed by atoms with Crippen LogP contribution >= 0.6 is 0 Å². The van der Waals surface area contributed by atoms with Crippen LogP contribution in [0.15, 0.2) is 29.8 Å². The van der Waals surface area contributed by atoms with Crippen LogP contribution in [-0.4, -0.2) is 12.5 Å². The maximum atomic E-state index is 13.4. The second-order valence-electron chi connectivity index (χ2n) is 3.79. The van der Waals surface area contributed by atoms with E-state index in [1.54, 1.807) is 0 Å². The molecule has 0 aliphatic rings. The van der Waals surface area contributed by atoms with Crippen LogP contribution in [0, 0.1) is 11.6 Å². The quantitative estimate of drug-likeness (QED) is 0.388. The SMILES string of the molecule is C=CCNC(N)=NCc1cc(F)c(C(F)(F)F)cc1F. The van der Waals surface area contributed by atoms with Crippen molar-refractivity contribution in [1.82, 2.24) is 5.32 Å². The van der Waals surface area contributed by atoms with Crippen LogP contribution in [0.2, 0.25) is 0 Å².